The molecule has 0 unspecified atom stereocenters. The maximum atomic E-state index is 2.61. The Morgan fingerprint density at radius 2 is 1.93 bits per heavy atom. The van der Waals surface area contributed by atoms with Gasteiger partial charge in [-0.1, -0.05) is 30.3 Å². The lowest BCUT2D eigenvalue weighted by Crippen LogP contribution is -2.30. The fourth-order valence-corrected chi connectivity index (χ4v) is 2.44. The van der Waals surface area contributed by atoms with E-state index in [1.165, 1.54) is 24.9 Å². The van der Waals surface area contributed by atoms with E-state index < -0.39 is 0 Å². The van der Waals surface area contributed by atoms with Crippen molar-refractivity contribution in [1.29, 1.82) is 0 Å². The molecule has 1 aromatic rings. The second-order valence-electron chi connectivity index (χ2n) is 4.40. The van der Waals surface area contributed by atoms with Crippen molar-refractivity contribution in [2.75, 3.05) is 6.54 Å². The summed E-state index contributed by atoms with van der Waals surface area (Å²) in [5, 5.41) is 0. The minimum Gasteiger partial charge on any atom is -0.294 e. The fraction of sp³-hybridized carbons (Fsp3) is 0.538. The number of hydrogen-bond donors (Lipinski definition) is 0. The van der Waals surface area contributed by atoms with Crippen LogP contribution in [0.2, 0.25) is 0 Å². The molecule has 1 aliphatic rings. The molecule has 0 aromatic heterocycles. The third-order valence-corrected chi connectivity index (χ3v) is 3.14. The first-order valence-corrected chi connectivity index (χ1v) is 5.59. The summed E-state index contributed by atoms with van der Waals surface area (Å²) in [6.45, 7) is 5.85. The van der Waals surface area contributed by atoms with Gasteiger partial charge < -0.3 is 0 Å². The number of likely N-dealkylation sites (tertiary alicyclic amines) is 1. The zero-order valence-electron chi connectivity index (χ0n) is 9.11. The maximum absolute atomic E-state index is 2.61. The van der Waals surface area contributed by atoms with Crippen LogP contribution in [0.5, 0.6) is 0 Å². The summed E-state index contributed by atoms with van der Waals surface area (Å²) in [5.41, 5.74) is 1.48. The molecule has 0 spiro atoms. The molecule has 2 rings (SSSR count). The molecular formula is C13H19N. The van der Waals surface area contributed by atoms with E-state index in [0.717, 1.165) is 0 Å². The van der Waals surface area contributed by atoms with E-state index in [2.05, 4.69) is 49.1 Å². The molecule has 0 bridgehead atoms. The lowest BCUT2D eigenvalue weighted by Gasteiger charge is -2.28. The Morgan fingerprint density at radius 1 is 1.21 bits per heavy atom. The zero-order chi connectivity index (χ0) is 9.97. The molecule has 1 atom stereocenters. The highest BCUT2D eigenvalue weighted by Gasteiger charge is 2.27. The van der Waals surface area contributed by atoms with Crippen LogP contribution in [0, 0.1) is 0 Å². The van der Waals surface area contributed by atoms with Gasteiger partial charge in [0.25, 0.3) is 0 Å². The van der Waals surface area contributed by atoms with Crippen LogP contribution < -0.4 is 0 Å². The van der Waals surface area contributed by atoms with Crippen molar-refractivity contribution < 1.29 is 0 Å². The minimum absolute atomic E-state index is 0.663. The van der Waals surface area contributed by atoms with Crippen LogP contribution in [0.25, 0.3) is 0 Å². The summed E-state index contributed by atoms with van der Waals surface area (Å²) in [7, 11) is 0. The fourth-order valence-electron chi connectivity index (χ4n) is 2.44. The second-order valence-corrected chi connectivity index (χ2v) is 4.40. The highest BCUT2D eigenvalue weighted by Crippen LogP contribution is 2.32. The van der Waals surface area contributed by atoms with Gasteiger partial charge in [-0.25, -0.2) is 0 Å². The molecule has 1 saturated heterocycles. The van der Waals surface area contributed by atoms with Crippen LogP contribution in [0.15, 0.2) is 30.3 Å². The molecule has 1 aliphatic heterocycles. The van der Waals surface area contributed by atoms with Crippen molar-refractivity contribution >= 4 is 0 Å². The Morgan fingerprint density at radius 3 is 2.57 bits per heavy atom. The van der Waals surface area contributed by atoms with E-state index >= 15 is 0 Å². The normalized spacial score (nSPS) is 23.2. The van der Waals surface area contributed by atoms with E-state index in [0.29, 0.717) is 12.1 Å². The van der Waals surface area contributed by atoms with E-state index in [1.54, 1.807) is 0 Å². The molecule has 0 amide bonds. The Balaban J connectivity index is 2.18. The number of nitrogens with zero attached hydrogens (tertiary/aromatic N) is 1. The number of rotatable bonds is 2. The predicted molar refractivity (Wildman–Crippen MR) is 60.3 cm³/mol. The lowest BCUT2D eigenvalue weighted by atomic mass is 10.0. The van der Waals surface area contributed by atoms with Crippen molar-refractivity contribution in [3.63, 3.8) is 0 Å². The molecule has 1 fully saturated rings. The molecule has 76 valence electrons. The van der Waals surface area contributed by atoms with Crippen molar-refractivity contribution in [2.24, 2.45) is 0 Å². The van der Waals surface area contributed by atoms with Gasteiger partial charge in [0.1, 0.15) is 0 Å². The third kappa shape index (κ3) is 1.83. The molecule has 1 nitrogen and oxygen atoms in total. The third-order valence-electron chi connectivity index (χ3n) is 3.14. The quantitative estimate of drug-likeness (QED) is 0.690. The number of benzene rings is 1. The molecule has 0 aliphatic carbocycles. The first-order valence-electron chi connectivity index (χ1n) is 5.59. The highest BCUT2D eigenvalue weighted by molar-refractivity contribution is 5.20. The van der Waals surface area contributed by atoms with E-state index in [-0.39, 0.29) is 0 Å². The Hall–Kier alpha value is -0.820. The Kier molecular flexibility index (Phi) is 2.87. The van der Waals surface area contributed by atoms with Gasteiger partial charge in [-0.05, 0) is 38.8 Å². The first-order chi connectivity index (χ1) is 6.79. The smallest absolute Gasteiger partial charge is 0.0351 e. The van der Waals surface area contributed by atoms with Gasteiger partial charge >= 0.3 is 0 Å². The van der Waals surface area contributed by atoms with Crippen LogP contribution in [-0.2, 0) is 0 Å². The molecule has 0 saturated carbocycles. The standard InChI is InChI=1S/C13H19N/c1-11(2)14-10-6-9-13(14)12-7-4-3-5-8-12/h3-5,7-8,11,13H,6,9-10H2,1-2H3/t13-/m1/s1. The molecular weight excluding hydrogens is 170 g/mol. The van der Waals surface area contributed by atoms with Gasteiger partial charge in [0, 0.05) is 12.1 Å². The van der Waals surface area contributed by atoms with E-state index in [1.807, 2.05) is 0 Å². The van der Waals surface area contributed by atoms with Crippen molar-refractivity contribution in [3.8, 4) is 0 Å². The topological polar surface area (TPSA) is 3.24 Å². The molecule has 1 heteroatoms. The van der Waals surface area contributed by atoms with Gasteiger partial charge in [-0.15, -0.1) is 0 Å². The lowest BCUT2D eigenvalue weighted by molar-refractivity contribution is 0.205. The van der Waals surface area contributed by atoms with Gasteiger partial charge in [0.15, 0.2) is 0 Å². The summed E-state index contributed by atoms with van der Waals surface area (Å²) < 4.78 is 0. The van der Waals surface area contributed by atoms with Gasteiger partial charge in [-0.3, -0.25) is 4.90 Å². The summed E-state index contributed by atoms with van der Waals surface area (Å²) in [5.74, 6) is 0. The molecule has 1 heterocycles. The average molecular weight is 189 g/mol. The highest BCUT2D eigenvalue weighted by atomic mass is 15.2. The Bertz CT molecular complexity index is 279. The SMILES string of the molecule is CC(C)N1CCC[C@@H]1c1ccccc1. The molecule has 0 radical (unpaired) electrons. The van der Waals surface area contributed by atoms with Crippen molar-refractivity contribution in [2.45, 2.75) is 38.8 Å². The Labute approximate surface area is 86.7 Å². The van der Waals surface area contributed by atoms with Crippen LogP contribution in [-0.4, -0.2) is 17.5 Å². The second kappa shape index (κ2) is 4.14. The summed E-state index contributed by atoms with van der Waals surface area (Å²) >= 11 is 0. The van der Waals surface area contributed by atoms with Gasteiger partial charge in [0.2, 0.25) is 0 Å². The monoisotopic (exact) mass is 189 g/mol. The molecule has 0 N–H and O–H groups in total. The van der Waals surface area contributed by atoms with Crippen molar-refractivity contribution in [1.82, 2.24) is 4.90 Å². The molecule has 1 aromatic carbocycles. The van der Waals surface area contributed by atoms with Gasteiger partial charge in [-0.2, -0.15) is 0 Å². The zero-order valence-corrected chi connectivity index (χ0v) is 9.11. The van der Waals surface area contributed by atoms with E-state index in [4.69, 9.17) is 0 Å². The predicted octanol–water partition coefficient (Wildman–Crippen LogP) is 3.23. The maximum Gasteiger partial charge on any atom is 0.0351 e. The minimum atomic E-state index is 0.663. The summed E-state index contributed by atoms with van der Waals surface area (Å²) in [6, 6.07) is 12.2. The van der Waals surface area contributed by atoms with Gasteiger partial charge in [0.05, 0.1) is 0 Å². The van der Waals surface area contributed by atoms with Crippen LogP contribution in [0.3, 0.4) is 0 Å². The first kappa shape index (κ1) is 9.72. The summed E-state index contributed by atoms with van der Waals surface area (Å²) in [6.07, 6.45) is 2.67. The van der Waals surface area contributed by atoms with E-state index in [9.17, 15) is 0 Å². The largest absolute Gasteiger partial charge is 0.294 e. The summed E-state index contributed by atoms with van der Waals surface area (Å²) in [4.78, 5) is 2.61. The van der Waals surface area contributed by atoms with Crippen LogP contribution in [0.1, 0.15) is 38.3 Å². The van der Waals surface area contributed by atoms with Crippen LogP contribution >= 0.6 is 0 Å². The van der Waals surface area contributed by atoms with Crippen molar-refractivity contribution in [3.05, 3.63) is 35.9 Å². The molecule has 14 heavy (non-hydrogen) atoms. The average Bonchev–Trinajstić information content (AvgIpc) is 2.67. The van der Waals surface area contributed by atoms with Crippen LogP contribution in [0.4, 0.5) is 0 Å². The number of hydrogen-bond acceptors (Lipinski definition) is 1.